The lowest BCUT2D eigenvalue weighted by Gasteiger charge is -2.36. The SMILES string of the molecule is Cc1cnc(N2CCN(C(=O)c3ccc(N4CCCOC4=O)cc3)CC2)c(C)c1. The summed E-state index contributed by atoms with van der Waals surface area (Å²) in [6, 6.07) is 9.35. The van der Waals surface area contributed by atoms with E-state index < -0.39 is 0 Å². The molecule has 2 aliphatic rings. The summed E-state index contributed by atoms with van der Waals surface area (Å²) in [5, 5.41) is 0. The minimum absolute atomic E-state index is 0.0195. The highest BCUT2D eigenvalue weighted by Crippen LogP contribution is 2.22. The predicted molar refractivity (Wildman–Crippen MR) is 112 cm³/mol. The first-order valence-electron chi connectivity index (χ1n) is 10.0. The minimum atomic E-state index is -0.327. The standard InChI is InChI=1S/C22H26N4O3/c1-16-14-17(2)20(23-15-16)24-9-11-25(12-10-24)21(27)18-4-6-19(7-5-18)26-8-3-13-29-22(26)28/h4-7,14-15H,3,8-13H2,1-2H3. The van der Waals surface area contributed by atoms with E-state index in [2.05, 4.69) is 22.9 Å². The zero-order valence-electron chi connectivity index (χ0n) is 16.9. The number of anilines is 2. The Balaban J connectivity index is 1.38. The van der Waals surface area contributed by atoms with Gasteiger partial charge in [0.05, 0.1) is 6.61 Å². The highest BCUT2D eigenvalue weighted by Gasteiger charge is 2.25. The zero-order valence-corrected chi connectivity index (χ0v) is 16.9. The molecule has 2 aromatic rings. The summed E-state index contributed by atoms with van der Waals surface area (Å²) in [6.45, 7) is 8.07. The van der Waals surface area contributed by atoms with E-state index >= 15 is 0 Å². The van der Waals surface area contributed by atoms with Crippen LogP contribution in [0.1, 0.15) is 27.9 Å². The number of aromatic nitrogens is 1. The normalized spacial score (nSPS) is 17.3. The van der Waals surface area contributed by atoms with Gasteiger partial charge in [-0.25, -0.2) is 9.78 Å². The molecule has 0 aliphatic carbocycles. The molecule has 2 aliphatic heterocycles. The molecule has 2 fully saturated rings. The zero-order chi connectivity index (χ0) is 20.4. The lowest BCUT2D eigenvalue weighted by atomic mass is 10.1. The van der Waals surface area contributed by atoms with Crippen LogP contribution in [0.2, 0.25) is 0 Å². The number of carbonyl (C=O) groups excluding carboxylic acids is 2. The van der Waals surface area contributed by atoms with Crippen LogP contribution in [-0.4, -0.2) is 61.2 Å². The molecule has 7 heteroatoms. The van der Waals surface area contributed by atoms with Gasteiger partial charge >= 0.3 is 6.09 Å². The van der Waals surface area contributed by atoms with E-state index in [-0.39, 0.29) is 12.0 Å². The van der Waals surface area contributed by atoms with Crippen molar-refractivity contribution in [3.8, 4) is 0 Å². The Morgan fingerprint density at radius 2 is 1.76 bits per heavy atom. The predicted octanol–water partition coefficient (Wildman–Crippen LogP) is 3.01. The van der Waals surface area contributed by atoms with Gasteiger partial charge in [0.2, 0.25) is 0 Å². The van der Waals surface area contributed by atoms with Crippen LogP contribution in [-0.2, 0) is 4.74 Å². The highest BCUT2D eigenvalue weighted by atomic mass is 16.6. The van der Waals surface area contributed by atoms with Gasteiger partial charge < -0.3 is 14.5 Å². The Hall–Kier alpha value is -3.09. The van der Waals surface area contributed by atoms with Crippen LogP contribution in [0.15, 0.2) is 36.5 Å². The summed E-state index contributed by atoms with van der Waals surface area (Å²) in [5.41, 5.74) is 3.71. The molecule has 2 saturated heterocycles. The molecule has 0 spiro atoms. The first kappa shape index (κ1) is 19.2. The summed E-state index contributed by atoms with van der Waals surface area (Å²) in [6.07, 6.45) is 2.37. The fourth-order valence-corrected chi connectivity index (χ4v) is 3.91. The summed E-state index contributed by atoms with van der Waals surface area (Å²) >= 11 is 0. The van der Waals surface area contributed by atoms with Crippen molar-refractivity contribution in [1.29, 1.82) is 0 Å². The van der Waals surface area contributed by atoms with Crippen molar-refractivity contribution < 1.29 is 14.3 Å². The van der Waals surface area contributed by atoms with Crippen molar-refractivity contribution in [2.24, 2.45) is 0 Å². The number of pyridine rings is 1. The van der Waals surface area contributed by atoms with Gasteiger partial charge in [-0.1, -0.05) is 6.07 Å². The van der Waals surface area contributed by atoms with E-state index in [9.17, 15) is 9.59 Å². The Morgan fingerprint density at radius 1 is 1.03 bits per heavy atom. The molecule has 0 unspecified atom stereocenters. The van der Waals surface area contributed by atoms with Crippen LogP contribution < -0.4 is 9.80 Å². The molecule has 1 aromatic carbocycles. The number of hydrogen-bond acceptors (Lipinski definition) is 5. The van der Waals surface area contributed by atoms with Gasteiger partial charge in [-0.2, -0.15) is 0 Å². The number of aryl methyl sites for hydroxylation is 2. The average molecular weight is 394 g/mol. The Kier molecular flexibility index (Phi) is 5.38. The number of hydrogen-bond donors (Lipinski definition) is 0. The highest BCUT2D eigenvalue weighted by molar-refractivity contribution is 5.95. The second-order valence-electron chi connectivity index (χ2n) is 7.60. The topological polar surface area (TPSA) is 66.0 Å². The summed E-state index contributed by atoms with van der Waals surface area (Å²) in [4.78, 5) is 35.1. The quantitative estimate of drug-likeness (QED) is 0.801. The van der Waals surface area contributed by atoms with E-state index in [0.29, 0.717) is 31.8 Å². The number of ether oxygens (including phenoxy) is 1. The number of nitrogens with zero attached hydrogens (tertiary/aromatic N) is 4. The first-order valence-corrected chi connectivity index (χ1v) is 10.0. The van der Waals surface area contributed by atoms with Crippen LogP contribution in [0, 0.1) is 13.8 Å². The number of cyclic esters (lactones) is 1. The van der Waals surface area contributed by atoms with Gasteiger partial charge in [-0.15, -0.1) is 0 Å². The maximum atomic E-state index is 12.9. The molecular weight excluding hydrogens is 368 g/mol. The molecule has 0 bridgehead atoms. The molecular formula is C22H26N4O3. The summed E-state index contributed by atoms with van der Waals surface area (Å²) in [5.74, 6) is 1.02. The Bertz CT molecular complexity index is 905. The van der Waals surface area contributed by atoms with Crippen LogP contribution in [0.25, 0.3) is 0 Å². The van der Waals surface area contributed by atoms with Gasteiger partial charge in [0.1, 0.15) is 5.82 Å². The molecule has 0 saturated carbocycles. The second kappa shape index (κ2) is 8.11. The number of benzene rings is 1. The van der Waals surface area contributed by atoms with Crippen molar-refractivity contribution >= 4 is 23.5 Å². The number of carbonyl (C=O) groups is 2. The molecule has 0 radical (unpaired) electrons. The molecule has 29 heavy (non-hydrogen) atoms. The number of amides is 2. The van der Waals surface area contributed by atoms with Gasteiger partial charge in [-0.05, 0) is 55.7 Å². The maximum absolute atomic E-state index is 12.9. The molecule has 2 amide bonds. The molecule has 3 heterocycles. The van der Waals surface area contributed by atoms with Crippen LogP contribution >= 0.6 is 0 Å². The van der Waals surface area contributed by atoms with Crippen LogP contribution in [0.4, 0.5) is 16.3 Å². The fraction of sp³-hybridized carbons (Fsp3) is 0.409. The third-order valence-electron chi connectivity index (χ3n) is 5.45. The fourth-order valence-electron chi connectivity index (χ4n) is 3.91. The monoisotopic (exact) mass is 394 g/mol. The second-order valence-corrected chi connectivity index (χ2v) is 7.60. The Morgan fingerprint density at radius 3 is 2.41 bits per heavy atom. The van der Waals surface area contributed by atoms with Gasteiger partial charge in [0.15, 0.2) is 0 Å². The lowest BCUT2D eigenvalue weighted by molar-refractivity contribution is 0.0746. The van der Waals surface area contributed by atoms with Crippen LogP contribution in [0.5, 0.6) is 0 Å². The summed E-state index contributed by atoms with van der Waals surface area (Å²) < 4.78 is 5.08. The van der Waals surface area contributed by atoms with Gasteiger partial charge in [0.25, 0.3) is 5.91 Å². The summed E-state index contributed by atoms with van der Waals surface area (Å²) in [7, 11) is 0. The third kappa shape index (κ3) is 4.04. The van der Waals surface area contributed by atoms with E-state index in [4.69, 9.17) is 4.74 Å². The largest absolute Gasteiger partial charge is 0.449 e. The van der Waals surface area contributed by atoms with Crippen molar-refractivity contribution in [1.82, 2.24) is 9.88 Å². The third-order valence-corrected chi connectivity index (χ3v) is 5.45. The van der Waals surface area contributed by atoms with E-state index in [0.717, 1.165) is 42.1 Å². The molecule has 4 rings (SSSR count). The molecule has 0 N–H and O–H groups in total. The number of rotatable bonds is 3. The van der Waals surface area contributed by atoms with E-state index in [1.807, 2.05) is 30.2 Å². The molecule has 1 aromatic heterocycles. The van der Waals surface area contributed by atoms with Crippen molar-refractivity contribution in [2.45, 2.75) is 20.3 Å². The van der Waals surface area contributed by atoms with Gasteiger partial charge in [-0.3, -0.25) is 9.69 Å². The van der Waals surface area contributed by atoms with E-state index in [1.54, 1.807) is 17.0 Å². The maximum Gasteiger partial charge on any atom is 0.414 e. The molecule has 152 valence electrons. The average Bonchev–Trinajstić information content (AvgIpc) is 2.74. The van der Waals surface area contributed by atoms with Crippen LogP contribution in [0.3, 0.4) is 0 Å². The minimum Gasteiger partial charge on any atom is -0.449 e. The number of piperazine rings is 1. The first-order chi connectivity index (χ1) is 14.0. The smallest absolute Gasteiger partial charge is 0.414 e. The lowest BCUT2D eigenvalue weighted by Crippen LogP contribution is -2.49. The Labute approximate surface area is 170 Å². The van der Waals surface area contributed by atoms with Crippen molar-refractivity contribution in [2.75, 3.05) is 49.1 Å². The molecule has 0 atom stereocenters. The van der Waals surface area contributed by atoms with Crippen molar-refractivity contribution in [3.63, 3.8) is 0 Å². The van der Waals surface area contributed by atoms with E-state index in [1.165, 1.54) is 0 Å². The van der Waals surface area contributed by atoms with Gasteiger partial charge in [0, 0.05) is 50.2 Å². The molecule has 7 nitrogen and oxygen atoms in total. The van der Waals surface area contributed by atoms with Crippen molar-refractivity contribution in [3.05, 3.63) is 53.2 Å².